The van der Waals surface area contributed by atoms with Crippen molar-refractivity contribution in [3.63, 3.8) is 0 Å². The van der Waals surface area contributed by atoms with Crippen LogP contribution in [0.4, 0.5) is 25.1 Å². The number of carbonyl (C=O) groups excluding carboxylic acids is 1. The lowest BCUT2D eigenvalue weighted by Crippen LogP contribution is -2.32. The molecule has 1 aliphatic rings. The van der Waals surface area contributed by atoms with Crippen LogP contribution in [0.15, 0.2) is 55.1 Å². The molecule has 3 heterocycles. The minimum Gasteiger partial charge on any atom is -0.396 e. The monoisotopic (exact) mass is 398 g/mol. The summed E-state index contributed by atoms with van der Waals surface area (Å²) in [6.45, 7) is 1.38. The van der Waals surface area contributed by atoms with Crippen molar-refractivity contribution in [1.29, 1.82) is 0 Å². The molecule has 7 nitrogen and oxygen atoms in total. The van der Waals surface area contributed by atoms with Crippen molar-refractivity contribution >= 4 is 17.5 Å². The molecule has 29 heavy (non-hydrogen) atoms. The number of urea groups is 1. The molecule has 150 valence electrons. The highest BCUT2D eigenvalue weighted by molar-refractivity contribution is 5.91. The van der Waals surface area contributed by atoms with Crippen LogP contribution in [0.1, 0.15) is 12.8 Å². The molecule has 2 amide bonds. The first-order chi connectivity index (χ1) is 14.0. The van der Waals surface area contributed by atoms with Crippen LogP contribution in [0, 0.1) is 11.6 Å². The van der Waals surface area contributed by atoms with E-state index in [1.54, 1.807) is 23.4 Å². The van der Waals surface area contributed by atoms with Crippen molar-refractivity contribution in [2.24, 2.45) is 0 Å². The Morgan fingerprint density at radius 3 is 2.38 bits per heavy atom. The molecule has 1 aromatic carbocycles. The van der Waals surface area contributed by atoms with E-state index < -0.39 is 11.6 Å². The van der Waals surface area contributed by atoms with Crippen LogP contribution in [0.2, 0.25) is 0 Å². The lowest BCUT2D eigenvalue weighted by molar-refractivity contribution is 0.222. The number of hydrogen-bond donors (Lipinski definition) is 2. The summed E-state index contributed by atoms with van der Waals surface area (Å²) < 4.78 is 26.9. The van der Waals surface area contributed by atoms with Crippen molar-refractivity contribution in [3.8, 4) is 11.3 Å². The van der Waals surface area contributed by atoms with E-state index in [1.807, 2.05) is 0 Å². The van der Waals surface area contributed by atoms with Gasteiger partial charge in [0.05, 0.1) is 11.4 Å². The number of nitrogens with zero attached hydrogens (tertiary/aromatic N) is 4. The third-order valence-corrected chi connectivity index (χ3v) is 4.23. The molecule has 0 bridgehead atoms. The molecule has 4 rings (SSSR count). The molecule has 9 heteroatoms. The van der Waals surface area contributed by atoms with Crippen molar-refractivity contribution in [1.82, 2.24) is 19.9 Å². The zero-order chi connectivity index (χ0) is 20.6. The second-order valence-electron chi connectivity index (χ2n) is 6.29. The van der Waals surface area contributed by atoms with Gasteiger partial charge in [-0.05, 0) is 43.2 Å². The summed E-state index contributed by atoms with van der Waals surface area (Å²) in [5.41, 5.74) is 6.52. The third kappa shape index (κ3) is 5.44. The molecule has 0 aliphatic carbocycles. The molecule has 3 aromatic rings. The maximum absolute atomic E-state index is 13.9. The van der Waals surface area contributed by atoms with Crippen molar-refractivity contribution < 1.29 is 13.6 Å². The number of benzene rings is 1. The zero-order valence-corrected chi connectivity index (χ0v) is 15.6. The summed E-state index contributed by atoms with van der Waals surface area (Å²) in [5, 5.41) is 2.65. The Hall–Kier alpha value is -3.62. The van der Waals surface area contributed by atoms with Crippen LogP contribution in [0.25, 0.3) is 11.3 Å². The molecule has 0 unspecified atom stereocenters. The normalized spacial score (nSPS) is 12.8. The smallest absolute Gasteiger partial charge is 0.323 e. The number of anilines is 2. The van der Waals surface area contributed by atoms with E-state index >= 15 is 0 Å². The molecule has 1 fully saturated rings. The number of halogens is 2. The molecular weight excluding hydrogens is 378 g/mol. The summed E-state index contributed by atoms with van der Waals surface area (Å²) in [4.78, 5) is 25.3. The lowest BCUT2D eigenvalue weighted by atomic mass is 10.1. The summed E-state index contributed by atoms with van der Waals surface area (Å²) >= 11 is 0. The van der Waals surface area contributed by atoms with Gasteiger partial charge in [0.15, 0.2) is 5.82 Å². The first-order valence-electron chi connectivity index (χ1n) is 9.02. The van der Waals surface area contributed by atoms with E-state index in [1.165, 1.54) is 24.5 Å². The fraction of sp³-hybridized carbons (Fsp3) is 0.200. The number of hydrogen-bond acceptors (Lipinski definition) is 5. The van der Waals surface area contributed by atoms with E-state index in [4.69, 9.17) is 5.73 Å². The van der Waals surface area contributed by atoms with Gasteiger partial charge in [-0.2, -0.15) is 0 Å². The summed E-state index contributed by atoms with van der Waals surface area (Å²) in [5.74, 6) is -1.22. The summed E-state index contributed by atoms with van der Waals surface area (Å²) in [7, 11) is 0. The van der Waals surface area contributed by atoms with Gasteiger partial charge < -0.3 is 10.6 Å². The van der Waals surface area contributed by atoms with Gasteiger partial charge >= 0.3 is 6.03 Å². The molecule has 1 saturated heterocycles. The van der Waals surface area contributed by atoms with E-state index in [0.717, 1.165) is 25.0 Å². The minimum absolute atomic E-state index is 0.142. The van der Waals surface area contributed by atoms with E-state index in [9.17, 15) is 13.6 Å². The van der Waals surface area contributed by atoms with Gasteiger partial charge in [-0.15, -0.1) is 0 Å². The van der Waals surface area contributed by atoms with Gasteiger partial charge in [0.25, 0.3) is 0 Å². The minimum atomic E-state index is -0.723. The fourth-order valence-electron chi connectivity index (χ4n) is 2.77. The molecule has 0 atom stereocenters. The van der Waals surface area contributed by atoms with Crippen LogP contribution in [0.5, 0.6) is 0 Å². The summed E-state index contributed by atoms with van der Waals surface area (Å²) in [6.07, 6.45) is 6.81. The van der Waals surface area contributed by atoms with Crippen LogP contribution in [-0.4, -0.2) is 39.0 Å². The first-order valence-corrected chi connectivity index (χ1v) is 9.02. The molecular formula is C20H20F2N6O. The number of pyridine rings is 1. The second kappa shape index (κ2) is 9.54. The Morgan fingerprint density at radius 2 is 1.79 bits per heavy atom. The predicted molar refractivity (Wildman–Crippen MR) is 106 cm³/mol. The number of rotatable bonds is 2. The van der Waals surface area contributed by atoms with E-state index in [0.29, 0.717) is 13.1 Å². The molecule has 2 aromatic heterocycles. The van der Waals surface area contributed by atoms with Crippen LogP contribution >= 0.6 is 0 Å². The second-order valence-corrected chi connectivity index (χ2v) is 6.29. The molecule has 0 radical (unpaired) electrons. The standard InChI is InChI=1S/C16H16F2N4O.C4H4N2/c17-10-3-4-11(12(18)9-10)14-6-5-13(19)15(20-14)21-16(23)22-7-1-2-8-22;1-2-5-4-6-3-1/h3-6,9H,1-2,7-8,19H2,(H,20,21,23);1-4H. The summed E-state index contributed by atoms with van der Waals surface area (Å²) in [6, 6.07) is 7.80. The van der Waals surface area contributed by atoms with Gasteiger partial charge in [0, 0.05) is 37.1 Å². The van der Waals surface area contributed by atoms with Crippen molar-refractivity contribution in [3.05, 3.63) is 66.8 Å². The highest BCUT2D eigenvalue weighted by Crippen LogP contribution is 2.26. The Morgan fingerprint density at radius 1 is 1.07 bits per heavy atom. The van der Waals surface area contributed by atoms with Gasteiger partial charge in [-0.25, -0.2) is 28.5 Å². The highest BCUT2D eigenvalue weighted by Gasteiger charge is 2.19. The Bertz CT molecular complexity index is 938. The average molecular weight is 398 g/mol. The zero-order valence-electron chi connectivity index (χ0n) is 15.6. The maximum Gasteiger partial charge on any atom is 0.323 e. The number of nitrogens with two attached hydrogens (primary N) is 1. The molecule has 1 aliphatic heterocycles. The topological polar surface area (TPSA) is 97.0 Å². The molecule has 3 N–H and O–H groups in total. The van der Waals surface area contributed by atoms with Gasteiger partial charge in [0.2, 0.25) is 0 Å². The third-order valence-electron chi connectivity index (χ3n) is 4.23. The first kappa shape index (κ1) is 20.1. The quantitative estimate of drug-likeness (QED) is 0.686. The van der Waals surface area contributed by atoms with Crippen LogP contribution in [0.3, 0.4) is 0 Å². The van der Waals surface area contributed by atoms with Crippen LogP contribution < -0.4 is 11.1 Å². The number of likely N-dealkylation sites (tertiary alicyclic amines) is 1. The number of nitrogens with one attached hydrogen (secondary N) is 1. The lowest BCUT2D eigenvalue weighted by Gasteiger charge is -2.17. The average Bonchev–Trinajstić information content (AvgIpc) is 3.27. The number of nitrogen functional groups attached to an aromatic ring is 1. The number of carbonyl (C=O) groups is 1. The fourth-order valence-corrected chi connectivity index (χ4v) is 2.77. The molecule has 0 spiro atoms. The van der Waals surface area contributed by atoms with Gasteiger partial charge in [0.1, 0.15) is 18.0 Å². The largest absolute Gasteiger partial charge is 0.396 e. The van der Waals surface area contributed by atoms with E-state index in [2.05, 4.69) is 20.3 Å². The Labute approximate surface area is 166 Å². The van der Waals surface area contributed by atoms with Crippen molar-refractivity contribution in [2.45, 2.75) is 12.8 Å². The Kier molecular flexibility index (Phi) is 6.62. The number of aromatic nitrogens is 3. The maximum atomic E-state index is 13.9. The SMILES string of the molecule is Nc1ccc(-c2ccc(F)cc2F)nc1NC(=O)N1CCCC1.c1cncnc1. The van der Waals surface area contributed by atoms with Crippen molar-refractivity contribution in [2.75, 3.05) is 24.1 Å². The predicted octanol–water partition coefficient (Wildman–Crippen LogP) is 3.71. The van der Waals surface area contributed by atoms with Crippen LogP contribution in [-0.2, 0) is 0 Å². The van der Waals surface area contributed by atoms with Gasteiger partial charge in [-0.3, -0.25) is 5.32 Å². The van der Waals surface area contributed by atoms with Gasteiger partial charge in [-0.1, -0.05) is 0 Å². The molecule has 0 saturated carbocycles. The Balaban J connectivity index is 0.000000343. The highest BCUT2D eigenvalue weighted by atomic mass is 19.1. The van der Waals surface area contributed by atoms with E-state index in [-0.39, 0.29) is 28.8 Å². The number of amides is 2.